The summed E-state index contributed by atoms with van der Waals surface area (Å²) in [5, 5.41) is 9.22. The predicted molar refractivity (Wildman–Crippen MR) is 152 cm³/mol. The van der Waals surface area contributed by atoms with Gasteiger partial charge in [0.1, 0.15) is 12.2 Å². The standard InChI is InChI=1S/C32H24N2O7/c1-40-28-19-21(15-16-27(28)41-20-22-9-8-10-23(17-22)31(37)38)18-26-29(35)33(24-11-4-2-5-12-24)32(39)34(30(26)36)25-13-6-3-7-14-25/h2-19H,20H2,1H3,(H,37,38). The van der Waals surface area contributed by atoms with E-state index < -0.39 is 23.8 Å². The highest BCUT2D eigenvalue weighted by molar-refractivity contribution is 6.46. The Hall–Kier alpha value is -5.70. The molecule has 0 aromatic heterocycles. The van der Waals surface area contributed by atoms with E-state index in [1.165, 1.54) is 25.3 Å². The molecule has 204 valence electrons. The van der Waals surface area contributed by atoms with Crippen LogP contribution in [-0.2, 0) is 16.2 Å². The van der Waals surface area contributed by atoms with Gasteiger partial charge in [-0.2, -0.15) is 0 Å². The summed E-state index contributed by atoms with van der Waals surface area (Å²) in [5.74, 6) is -1.83. The van der Waals surface area contributed by atoms with Gasteiger partial charge in [-0.1, -0.05) is 54.6 Å². The number of anilines is 2. The lowest BCUT2D eigenvalue weighted by Crippen LogP contribution is -2.57. The number of nitrogens with zero attached hydrogens (tertiary/aromatic N) is 2. The maximum absolute atomic E-state index is 13.6. The molecule has 4 aromatic rings. The van der Waals surface area contributed by atoms with E-state index in [4.69, 9.17) is 9.47 Å². The molecule has 5 rings (SSSR count). The Labute approximate surface area is 235 Å². The van der Waals surface area contributed by atoms with Crippen LogP contribution in [0.2, 0.25) is 0 Å². The number of hydrogen-bond acceptors (Lipinski definition) is 6. The number of hydrogen-bond donors (Lipinski definition) is 1. The fraction of sp³-hybridized carbons (Fsp3) is 0.0625. The van der Waals surface area contributed by atoms with Crippen LogP contribution in [0.25, 0.3) is 6.08 Å². The van der Waals surface area contributed by atoms with Crippen LogP contribution in [0, 0.1) is 0 Å². The molecule has 1 aliphatic heterocycles. The Bertz CT molecular complexity index is 1600. The van der Waals surface area contributed by atoms with Gasteiger partial charge in [-0.05, 0) is 65.7 Å². The second-order valence-electron chi connectivity index (χ2n) is 9.00. The van der Waals surface area contributed by atoms with Crippen molar-refractivity contribution in [1.29, 1.82) is 0 Å². The topological polar surface area (TPSA) is 113 Å². The van der Waals surface area contributed by atoms with Gasteiger partial charge >= 0.3 is 12.0 Å². The largest absolute Gasteiger partial charge is 0.493 e. The maximum atomic E-state index is 13.6. The van der Waals surface area contributed by atoms with Crippen molar-refractivity contribution in [2.24, 2.45) is 0 Å². The van der Waals surface area contributed by atoms with Gasteiger partial charge in [0.05, 0.1) is 24.0 Å². The predicted octanol–water partition coefficient (Wildman–Crippen LogP) is 5.56. The van der Waals surface area contributed by atoms with E-state index in [1.54, 1.807) is 91.0 Å². The minimum atomic E-state index is -1.04. The molecule has 0 saturated carbocycles. The van der Waals surface area contributed by atoms with Crippen molar-refractivity contribution in [3.05, 3.63) is 125 Å². The SMILES string of the molecule is COc1cc(C=C2C(=O)N(c3ccccc3)C(=O)N(c3ccccc3)C2=O)ccc1OCc1cccc(C(=O)O)c1. The molecule has 0 radical (unpaired) electrons. The van der Waals surface area contributed by atoms with Crippen LogP contribution in [-0.4, -0.2) is 36.0 Å². The molecule has 0 bridgehead atoms. The van der Waals surface area contributed by atoms with E-state index in [0.717, 1.165) is 9.80 Å². The number of aromatic carboxylic acids is 1. The molecule has 1 saturated heterocycles. The first-order valence-electron chi connectivity index (χ1n) is 12.5. The number of carboxylic acids is 1. The van der Waals surface area contributed by atoms with Crippen molar-refractivity contribution in [1.82, 2.24) is 0 Å². The summed E-state index contributed by atoms with van der Waals surface area (Å²) in [7, 11) is 1.45. The number of rotatable bonds is 8. The highest BCUT2D eigenvalue weighted by atomic mass is 16.5. The molecule has 4 amide bonds. The number of para-hydroxylation sites is 2. The lowest BCUT2D eigenvalue weighted by Gasteiger charge is -2.33. The molecule has 0 atom stereocenters. The first-order valence-corrected chi connectivity index (χ1v) is 12.5. The van der Waals surface area contributed by atoms with Crippen molar-refractivity contribution in [3.8, 4) is 11.5 Å². The summed E-state index contributed by atoms with van der Waals surface area (Å²) in [5.41, 5.74) is 1.72. The van der Waals surface area contributed by atoms with Crippen LogP contribution >= 0.6 is 0 Å². The Kier molecular flexibility index (Phi) is 7.60. The molecule has 1 heterocycles. The average molecular weight is 549 g/mol. The molecule has 1 aliphatic rings. The highest BCUT2D eigenvalue weighted by Crippen LogP contribution is 2.32. The van der Waals surface area contributed by atoms with Gasteiger partial charge in [0, 0.05) is 0 Å². The summed E-state index contributed by atoms with van der Waals surface area (Å²) >= 11 is 0. The van der Waals surface area contributed by atoms with Gasteiger partial charge in [0.15, 0.2) is 11.5 Å². The average Bonchev–Trinajstić information content (AvgIpc) is 2.99. The molecule has 9 nitrogen and oxygen atoms in total. The molecule has 1 fully saturated rings. The quantitative estimate of drug-likeness (QED) is 0.227. The summed E-state index contributed by atoms with van der Waals surface area (Å²) in [6, 6.07) is 27.3. The number of imide groups is 2. The number of urea groups is 1. The zero-order chi connectivity index (χ0) is 28.9. The van der Waals surface area contributed by atoms with Crippen LogP contribution in [0.3, 0.4) is 0 Å². The Morgan fingerprint density at radius 2 is 1.37 bits per heavy atom. The molecule has 0 unspecified atom stereocenters. The zero-order valence-corrected chi connectivity index (χ0v) is 21.9. The number of carboxylic acid groups (broad SMARTS) is 1. The minimum absolute atomic E-state index is 0.0923. The van der Waals surface area contributed by atoms with E-state index in [0.29, 0.717) is 34.0 Å². The third-order valence-electron chi connectivity index (χ3n) is 6.35. The molecule has 41 heavy (non-hydrogen) atoms. The lowest BCUT2D eigenvalue weighted by molar-refractivity contribution is -0.121. The smallest absolute Gasteiger partial charge is 0.343 e. The normalized spacial score (nSPS) is 13.3. The number of amides is 4. The van der Waals surface area contributed by atoms with E-state index >= 15 is 0 Å². The van der Waals surface area contributed by atoms with Gasteiger partial charge in [0.25, 0.3) is 11.8 Å². The molecular weight excluding hydrogens is 524 g/mol. The van der Waals surface area contributed by atoms with E-state index in [9.17, 15) is 24.3 Å². The summed E-state index contributed by atoms with van der Waals surface area (Å²) in [4.78, 5) is 53.8. The molecule has 0 spiro atoms. The van der Waals surface area contributed by atoms with Gasteiger partial charge in [-0.3, -0.25) is 9.59 Å². The van der Waals surface area contributed by atoms with Gasteiger partial charge < -0.3 is 14.6 Å². The first-order chi connectivity index (χ1) is 19.9. The molecule has 9 heteroatoms. The second-order valence-corrected chi connectivity index (χ2v) is 9.00. The van der Waals surface area contributed by atoms with Crippen LogP contribution in [0.5, 0.6) is 11.5 Å². The Morgan fingerprint density at radius 3 is 1.93 bits per heavy atom. The fourth-order valence-electron chi connectivity index (χ4n) is 4.35. The summed E-state index contributed by atoms with van der Waals surface area (Å²) in [6.07, 6.45) is 1.41. The van der Waals surface area contributed by atoms with Crippen LogP contribution in [0.15, 0.2) is 109 Å². The van der Waals surface area contributed by atoms with Gasteiger partial charge in [-0.15, -0.1) is 0 Å². The second kappa shape index (κ2) is 11.6. The molecule has 0 aliphatic carbocycles. The number of barbiturate groups is 1. The monoisotopic (exact) mass is 548 g/mol. The number of carbonyl (C=O) groups excluding carboxylic acids is 3. The number of benzene rings is 4. The fourth-order valence-corrected chi connectivity index (χ4v) is 4.35. The van der Waals surface area contributed by atoms with E-state index in [1.807, 2.05) is 0 Å². The van der Waals surface area contributed by atoms with Crippen LogP contribution in [0.1, 0.15) is 21.5 Å². The third kappa shape index (κ3) is 5.55. The van der Waals surface area contributed by atoms with Gasteiger partial charge in [0.2, 0.25) is 0 Å². The number of methoxy groups -OCH3 is 1. The maximum Gasteiger partial charge on any atom is 0.343 e. The minimum Gasteiger partial charge on any atom is -0.493 e. The van der Waals surface area contributed by atoms with Crippen LogP contribution < -0.4 is 19.3 Å². The summed E-state index contributed by atoms with van der Waals surface area (Å²) in [6.45, 7) is 0.0923. The number of ether oxygens (including phenoxy) is 2. The van der Waals surface area contributed by atoms with Crippen LogP contribution in [0.4, 0.5) is 16.2 Å². The summed E-state index contributed by atoms with van der Waals surface area (Å²) < 4.78 is 11.4. The van der Waals surface area contributed by atoms with E-state index in [2.05, 4.69) is 0 Å². The highest BCUT2D eigenvalue weighted by Gasteiger charge is 2.43. The molecular formula is C32H24N2O7. The van der Waals surface area contributed by atoms with Crippen molar-refractivity contribution in [2.45, 2.75) is 6.61 Å². The van der Waals surface area contributed by atoms with Crippen molar-refractivity contribution < 1.29 is 33.8 Å². The van der Waals surface area contributed by atoms with E-state index in [-0.39, 0.29) is 17.7 Å². The lowest BCUT2D eigenvalue weighted by atomic mass is 10.0. The number of carbonyl (C=O) groups is 4. The van der Waals surface area contributed by atoms with Crippen molar-refractivity contribution in [3.63, 3.8) is 0 Å². The first kappa shape index (κ1) is 26.9. The Balaban J connectivity index is 1.48. The van der Waals surface area contributed by atoms with Crippen molar-refractivity contribution >= 4 is 41.3 Å². The van der Waals surface area contributed by atoms with Gasteiger partial charge in [-0.25, -0.2) is 19.4 Å². The third-order valence-corrected chi connectivity index (χ3v) is 6.35. The molecule has 1 N–H and O–H groups in total. The molecule has 4 aromatic carbocycles. The Morgan fingerprint density at radius 1 is 0.756 bits per heavy atom. The van der Waals surface area contributed by atoms with Crippen molar-refractivity contribution in [2.75, 3.05) is 16.9 Å². The zero-order valence-electron chi connectivity index (χ0n) is 21.9.